The van der Waals surface area contributed by atoms with Gasteiger partial charge in [-0.1, -0.05) is 11.6 Å². The van der Waals surface area contributed by atoms with Gasteiger partial charge in [0.25, 0.3) is 5.91 Å². The average Bonchev–Trinajstić information content (AvgIpc) is 2.07. The maximum Gasteiger partial charge on any atom is 0.255 e. The Morgan fingerprint density at radius 1 is 1.57 bits per heavy atom. The van der Waals surface area contributed by atoms with Crippen LogP contribution in [0.2, 0.25) is 5.02 Å². The molecule has 0 aromatic heterocycles. The maximum absolute atomic E-state index is 12.8. The lowest BCUT2D eigenvalue weighted by Crippen LogP contribution is -2.20. The molecule has 0 spiro atoms. The number of amides is 1. The van der Waals surface area contributed by atoms with Gasteiger partial charge in [-0.2, -0.15) is 0 Å². The van der Waals surface area contributed by atoms with Crippen molar-refractivity contribution >= 4 is 29.9 Å². The fourth-order valence-electron chi connectivity index (χ4n) is 0.721. The number of carbonyl (C=O) groups is 1. The molecule has 1 rings (SSSR count). The molecule has 0 aliphatic heterocycles. The van der Waals surface area contributed by atoms with Crippen LogP contribution in [0.15, 0.2) is 18.2 Å². The summed E-state index contributed by atoms with van der Waals surface area (Å²) < 4.78 is 17.6. The van der Waals surface area contributed by atoms with E-state index >= 15 is 0 Å². The van der Waals surface area contributed by atoms with Gasteiger partial charge < -0.3 is 10.5 Å². The van der Waals surface area contributed by atoms with E-state index in [4.69, 9.17) is 22.1 Å². The second-order valence-electron chi connectivity index (χ2n) is 2.33. The highest BCUT2D eigenvalue weighted by Crippen LogP contribution is 2.19. The topological polar surface area (TPSA) is 52.3 Å². The highest BCUT2D eigenvalue weighted by molar-refractivity contribution is 6.30. The molecule has 78 valence electrons. The number of hydrogen-bond donors (Lipinski definition) is 1. The summed E-state index contributed by atoms with van der Waals surface area (Å²) in [6, 6.07) is 3.88. The first-order chi connectivity index (χ1) is 6.09. The molecule has 6 heteroatoms. The summed E-state index contributed by atoms with van der Waals surface area (Å²) in [4.78, 5) is 10.3. The number of carbonyl (C=O) groups excluding carboxylic acids is 1. The average molecular weight is 240 g/mol. The van der Waals surface area contributed by atoms with Gasteiger partial charge in [-0.25, -0.2) is 4.39 Å². The number of hydrogen-bond acceptors (Lipinski definition) is 2. The minimum atomic E-state index is -0.615. The number of ether oxygens (including phenoxy) is 1. The second-order valence-corrected chi connectivity index (χ2v) is 2.74. The quantitative estimate of drug-likeness (QED) is 0.875. The van der Waals surface area contributed by atoms with Crippen LogP contribution in [-0.4, -0.2) is 12.5 Å². The molecular weight excluding hydrogens is 232 g/mol. The number of benzene rings is 1. The van der Waals surface area contributed by atoms with Gasteiger partial charge in [0.05, 0.1) is 5.02 Å². The molecule has 14 heavy (non-hydrogen) atoms. The lowest BCUT2D eigenvalue weighted by molar-refractivity contribution is -0.119. The minimum Gasteiger partial charge on any atom is -0.484 e. The molecule has 0 bridgehead atoms. The fraction of sp³-hybridized carbons (Fsp3) is 0.125. The lowest BCUT2D eigenvalue weighted by atomic mass is 10.3. The molecule has 0 saturated carbocycles. The van der Waals surface area contributed by atoms with Crippen molar-refractivity contribution in [3.63, 3.8) is 0 Å². The van der Waals surface area contributed by atoms with Gasteiger partial charge in [0.15, 0.2) is 6.61 Å². The zero-order valence-electron chi connectivity index (χ0n) is 7.00. The molecule has 1 aromatic carbocycles. The Bertz CT molecular complexity index is 333. The Morgan fingerprint density at radius 3 is 2.71 bits per heavy atom. The van der Waals surface area contributed by atoms with E-state index in [1.165, 1.54) is 12.1 Å². The zero-order valence-corrected chi connectivity index (χ0v) is 8.57. The minimum absolute atomic E-state index is 0. The first kappa shape index (κ1) is 13.0. The summed E-state index contributed by atoms with van der Waals surface area (Å²) in [7, 11) is 0. The Labute approximate surface area is 91.4 Å². The third kappa shape index (κ3) is 3.81. The molecule has 0 aliphatic rings. The van der Waals surface area contributed by atoms with Crippen LogP contribution in [0.5, 0.6) is 5.75 Å². The van der Waals surface area contributed by atoms with Crippen LogP contribution in [0.4, 0.5) is 4.39 Å². The van der Waals surface area contributed by atoms with Gasteiger partial charge in [0.2, 0.25) is 0 Å². The van der Waals surface area contributed by atoms with E-state index in [1.807, 2.05) is 0 Å². The maximum atomic E-state index is 12.8. The molecule has 0 saturated heterocycles. The normalized spacial score (nSPS) is 9.00. The van der Waals surface area contributed by atoms with Crippen molar-refractivity contribution in [1.29, 1.82) is 0 Å². The third-order valence-corrected chi connectivity index (χ3v) is 1.58. The molecule has 3 nitrogen and oxygen atoms in total. The Balaban J connectivity index is 0.00000169. The van der Waals surface area contributed by atoms with Gasteiger partial charge in [0.1, 0.15) is 11.6 Å². The van der Waals surface area contributed by atoms with Crippen molar-refractivity contribution in [2.24, 2.45) is 5.73 Å². The predicted octanol–water partition coefficient (Wildman–Crippen LogP) is 1.76. The first-order valence-corrected chi connectivity index (χ1v) is 3.83. The first-order valence-electron chi connectivity index (χ1n) is 3.46. The van der Waals surface area contributed by atoms with E-state index in [1.54, 1.807) is 0 Å². The fourth-order valence-corrected chi connectivity index (χ4v) is 0.839. The lowest BCUT2D eigenvalue weighted by Gasteiger charge is -2.03. The van der Waals surface area contributed by atoms with Crippen molar-refractivity contribution in [2.75, 3.05) is 6.61 Å². The highest BCUT2D eigenvalue weighted by Gasteiger charge is 2.02. The van der Waals surface area contributed by atoms with Gasteiger partial charge in [-0.15, -0.1) is 12.4 Å². The van der Waals surface area contributed by atoms with Crippen molar-refractivity contribution < 1.29 is 13.9 Å². The SMILES string of the molecule is Cl.NC(=O)COc1ccc(Cl)c(F)c1. The molecule has 0 unspecified atom stereocenters. The van der Waals surface area contributed by atoms with Gasteiger partial charge in [-0.3, -0.25) is 4.79 Å². The van der Waals surface area contributed by atoms with Crippen LogP contribution in [0.25, 0.3) is 0 Å². The summed E-state index contributed by atoms with van der Waals surface area (Å²) in [5.41, 5.74) is 4.82. The van der Waals surface area contributed by atoms with Crippen LogP contribution in [-0.2, 0) is 4.79 Å². The molecule has 0 aliphatic carbocycles. The zero-order chi connectivity index (χ0) is 9.84. The molecule has 0 heterocycles. The molecule has 0 fully saturated rings. The summed E-state index contributed by atoms with van der Waals surface area (Å²) in [5, 5.41) is 0.00595. The predicted molar refractivity (Wildman–Crippen MR) is 53.3 cm³/mol. The standard InChI is InChI=1S/C8H7ClFNO2.ClH/c9-6-2-1-5(3-7(6)10)13-4-8(11)12;/h1-3H,4H2,(H2,11,12);1H. The summed E-state index contributed by atoms with van der Waals surface area (Å²) in [6.07, 6.45) is 0. The van der Waals surface area contributed by atoms with Crippen LogP contribution >= 0.6 is 24.0 Å². The molecule has 2 N–H and O–H groups in total. The molecular formula is C8H8Cl2FNO2. The van der Waals surface area contributed by atoms with Crippen LogP contribution in [0, 0.1) is 5.82 Å². The van der Waals surface area contributed by atoms with Crippen molar-refractivity contribution in [2.45, 2.75) is 0 Å². The van der Waals surface area contributed by atoms with E-state index < -0.39 is 11.7 Å². The van der Waals surface area contributed by atoms with Crippen LogP contribution in [0.1, 0.15) is 0 Å². The summed E-state index contributed by atoms with van der Waals surface area (Å²) in [5.74, 6) is -0.986. The number of nitrogens with two attached hydrogens (primary N) is 1. The Kier molecular flexibility index (Phi) is 5.27. The van der Waals surface area contributed by atoms with E-state index in [-0.39, 0.29) is 29.8 Å². The molecule has 1 aromatic rings. The van der Waals surface area contributed by atoms with Crippen LogP contribution in [0.3, 0.4) is 0 Å². The molecule has 0 atom stereocenters. The third-order valence-electron chi connectivity index (χ3n) is 1.27. The van der Waals surface area contributed by atoms with Gasteiger partial charge in [-0.05, 0) is 12.1 Å². The van der Waals surface area contributed by atoms with E-state index in [0.717, 1.165) is 6.07 Å². The van der Waals surface area contributed by atoms with E-state index in [2.05, 4.69) is 0 Å². The molecule has 1 amide bonds. The van der Waals surface area contributed by atoms with E-state index in [0.29, 0.717) is 0 Å². The van der Waals surface area contributed by atoms with E-state index in [9.17, 15) is 9.18 Å². The Hall–Kier alpha value is -1.00. The van der Waals surface area contributed by atoms with Crippen molar-refractivity contribution in [3.05, 3.63) is 29.0 Å². The number of primary amides is 1. The summed E-state index contributed by atoms with van der Waals surface area (Å²) >= 11 is 5.42. The highest BCUT2D eigenvalue weighted by atomic mass is 35.5. The summed E-state index contributed by atoms with van der Waals surface area (Å²) in [6.45, 7) is -0.277. The van der Waals surface area contributed by atoms with Crippen molar-refractivity contribution in [3.8, 4) is 5.75 Å². The Morgan fingerprint density at radius 2 is 2.21 bits per heavy atom. The monoisotopic (exact) mass is 239 g/mol. The van der Waals surface area contributed by atoms with Gasteiger partial charge >= 0.3 is 0 Å². The van der Waals surface area contributed by atoms with Crippen LogP contribution < -0.4 is 10.5 Å². The molecule has 0 radical (unpaired) electrons. The number of halogens is 3. The largest absolute Gasteiger partial charge is 0.484 e. The number of rotatable bonds is 3. The smallest absolute Gasteiger partial charge is 0.255 e. The second kappa shape index (κ2) is 5.67. The van der Waals surface area contributed by atoms with Gasteiger partial charge in [0, 0.05) is 6.07 Å². The van der Waals surface area contributed by atoms with Crippen molar-refractivity contribution in [1.82, 2.24) is 0 Å².